The predicted octanol–water partition coefficient (Wildman–Crippen LogP) is 2.35. The normalized spacial score (nSPS) is 10.8. The second-order valence-corrected chi connectivity index (χ2v) is 5.28. The van der Waals surface area contributed by atoms with Crippen LogP contribution in [0.3, 0.4) is 0 Å². The number of hydrogen-bond acceptors (Lipinski definition) is 3. The lowest BCUT2D eigenvalue weighted by molar-refractivity contribution is 0.0921. The van der Waals surface area contributed by atoms with Gasteiger partial charge >= 0.3 is 0 Å². The molecule has 0 spiro atoms. The fraction of sp³-hybridized carbons (Fsp3) is 0.467. The fourth-order valence-electron chi connectivity index (χ4n) is 1.62. The van der Waals surface area contributed by atoms with E-state index in [0.29, 0.717) is 24.3 Å². The number of carbonyl (C=O) groups excluding carboxylic acids is 1. The third-order valence-electron chi connectivity index (χ3n) is 2.96. The summed E-state index contributed by atoms with van der Waals surface area (Å²) in [5, 5.41) is 11.7. The topological polar surface area (TPSA) is 62.1 Å². The van der Waals surface area contributed by atoms with E-state index in [1.54, 1.807) is 31.4 Å². The molecular weight excluding hydrogens is 240 g/mol. The van der Waals surface area contributed by atoms with Crippen molar-refractivity contribution in [2.24, 2.45) is 5.41 Å². The monoisotopic (exact) mass is 260 g/mol. The van der Waals surface area contributed by atoms with Crippen molar-refractivity contribution in [1.29, 1.82) is 5.26 Å². The molecule has 0 aliphatic rings. The average Bonchev–Trinajstić information content (AvgIpc) is 2.43. The van der Waals surface area contributed by atoms with Crippen molar-refractivity contribution in [3.63, 3.8) is 0 Å². The lowest BCUT2D eigenvalue weighted by Crippen LogP contribution is -2.34. The van der Waals surface area contributed by atoms with Crippen LogP contribution in [0.2, 0.25) is 0 Å². The van der Waals surface area contributed by atoms with Crippen LogP contribution in [0.15, 0.2) is 24.3 Å². The van der Waals surface area contributed by atoms with Crippen molar-refractivity contribution < 1.29 is 9.53 Å². The zero-order chi connectivity index (χ0) is 14.3. The van der Waals surface area contributed by atoms with Crippen LogP contribution >= 0.6 is 0 Å². The Balaban J connectivity index is 2.58. The quantitative estimate of drug-likeness (QED) is 0.854. The lowest BCUT2D eigenvalue weighted by Gasteiger charge is -2.24. The summed E-state index contributed by atoms with van der Waals surface area (Å²) < 4.78 is 5.05. The summed E-state index contributed by atoms with van der Waals surface area (Å²) in [6, 6.07) is 8.72. The number of benzene rings is 1. The summed E-state index contributed by atoms with van der Waals surface area (Å²) in [5.74, 6) is -0.150. The van der Waals surface area contributed by atoms with Crippen LogP contribution in [0.4, 0.5) is 0 Å². The third-order valence-corrected chi connectivity index (χ3v) is 2.96. The molecule has 0 heterocycles. The molecule has 0 radical (unpaired) electrons. The van der Waals surface area contributed by atoms with Crippen molar-refractivity contribution in [3.05, 3.63) is 35.4 Å². The zero-order valence-electron chi connectivity index (χ0n) is 11.7. The predicted molar refractivity (Wildman–Crippen MR) is 73.8 cm³/mol. The molecule has 102 valence electrons. The van der Waals surface area contributed by atoms with E-state index in [-0.39, 0.29) is 11.3 Å². The second kappa shape index (κ2) is 6.91. The Bertz CT molecular complexity index is 475. The molecule has 4 heteroatoms. The molecule has 4 nitrogen and oxygen atoms in total. The molecule has 0 bridgehead atoms. The van der Waals surface area contributed by atoms with Crippen LogP contribution in [0.25, 0.3) is 0 Å². The number of ether oxygens (including phenoxy) is 1. The van der Waals surface area contributed by atoms with E-state index >= 15 is 0 Å². The average molecular weight is 260 g/mol. The van der Waals surface area contributed by atoms with E-state index < -0.39 is 0 Å². The number of rotatable bonds is 6. The smallest absolute Gasteiger partial charge is 0.251 e. The molecule has 0 unspecified atom stereocenters. The van der Waals surface area contributed by atoms with Crippen molar-refractivity contribution in [1.82, 2.24) is 5.32 Å². The third kappa shape index (κ3) is 5.11. The molecule has 0 aromatic heterocycles. The minimum atomic E-state index is -0.150. The molecule has 19 heavy (non-hydrogen) atoms. The highest BCUT2D eigenvalue weighted by Crippen LogP contribution is 2.19. The maximum Gasteiger partial charge on any atom is 0.251 e. The van der Waals surface area contributed by atoms with Gasteiger partial charge in [-0.2, -0.15) is 5.26 Å². The highest BCUT2D eigenvalue weighted by atomic mass is 16.5. The zero-order valence-corrected chi connectivity index (χ0v) is 11.7. The van der Waals surface area contributed by atoms with E-state index in [1.165, 1.54) is 0 Å². The minimum Gasteiger partial charge on any atom is -0.385 e. The Morgan fingerprint density at radius 2 is 2.21 bits per heavy atom. The SMILES string of the molecule is COCCC(C)(C)CNC(=O)c1cccc(C#N)c1. The van der Waals surface area contributed by atoms with Gasteiger partial charge in [0, 0.05) is 25.8 Å². The van der Waals surface area contributed by atoms with E-state index in [2.05, 4.69) is 19.2 Å². The Morgan fingerprint density at radius 1 is 1.47 bits per heavy atom. The highest BCUT2D eigenvalue weighted by molar-refractivity contribution is 5.94. The Hall–Kier alpha value is -1.86. The summed E-state index contributed by atoms with van der Waals surface area (Å²) in [7, 11) is 1.67. The number of methoxy groups -OCH3 is 1. The minimum absolute atomic E-state index is 0.0154. The summed E-state index contributed by atoms with van der Waals surface area (Å²) in [4.78, 5) is 12.0. The van der Waals surface area contributed by atoms with Gasteiger partial charge in [0.1, 0.15) is 0 Å². The number of hydrogen-bond donors (Lipinski definition) is 1. The van der Waals surface area contributed by atoms with Crippen LogP contribution < -0.4 is 5.32 Å². The van der Waals surface area contributed by atoms with Gasteiger partial charge in [-0.05, 0) is 30.0 Å². The Morgan fingerprint density at radius 3 is 2.84 bits per heavy atom. The van der Waals surface area contributed by atoms with Gasteiger partial charge in [-0.15, -0.1) is 0 Å². The first-order valence-corrected chi connectivity index (χ1v) is 6.26. The lowest BCUT2D eigenvalue weighted by atomic mass is 9.89. The van der Waals surface area contributed by atoms with Gasteiger partial charge in [-0.25, -0.2) is 0 Å². The van der Waals surface area contributed by atoms with Gasteiger partial charge in [-0.3, -0.25) is 4.79 Å². The van der Waals surface area contributed by atoms with Crippen molar-refractivity contribution in [2.45, 2.75) is 20.3 Å². The second-order valence-electron chi connectivity index (χ2n) is 5.28. The van der Waals surface area contributed by atoms with Crippen LogP contribution in [-0.2, 0) is 4.74 Å². The van der Waals surface area contributed by atoms with Gasteiger partial charge in [0.05, 0.1) is 11.6 Å². The molecule has 0 saturated carbocycles. The summed E-state index contributed by atoms with van der Waals surface area (Å²) in [5.41, 5.74) is 0.992. The van der Waals surface area contributed by atoms with Crippen molar-refractivity contribution >= 4 is 5.91 Å². The van der Waals surface area contributed by atoms with Gasteiger partial charge in [0.25, 0.3) is 5.91 Å². The molecule has 1 aromatic rings. The molecule has 0 fully saturated rings. The van der Waals surface area contributed by atoms with Gasteiger partial charge < -0.3 is 10.1 Å². The number of nitrogens with one attached hydrogen (secondary N) is 1. The Labute approximate surface area is 114 Å². The van der Waals surface area contributed by atoms with Crippen LogP contribution in [0, 0.1) is 16.7 Å². The van der Waals surface area contributed by atoms with Gasteiger partial charge in [0.2, 0.25) is 0 Å². The molecule has 0 saturated heterocycles. The number of nitrogens with zero attached hydrogens (tertiary/aromatic N) is 1. The number of nitriles is 1. The molecule has 0 aliphatic heterocycles. The number of carbonyl (C=O) groups is 1. The molecular formula is C15H20N2O2. The fourth-order valence-corrected chi connectivity index (χ4v) is 1.62. The first-order valence-electron chi connectivity index (χ1n) is 6.26. The molecule has 1 amide bonds. The number of amides is 1. The molecule has 0 atom stereocenters. The maximum atomic E-state index is 12.0. The van der Waals surface area contributed by atoms with Crippen molar-refractivity contribution in [2.75, 3.05) is 20.3 Å². The van der Waals surface area contributed by atoms with Crippen LogP contribution in [-0.4, -0.2) is 26.2 Å². The molecule has 1 rings (SSSR count). The van der Waals surface area contributed by atoms with E-state index in [0.717, 1.165) is 6.42 Å². The first-order chi connectivity index (χ1) is 8.98. The van der Waals surface area contributed by atoms with Crippen molar-refractivity contribution in [3.8, 4) is 6.07 Å². The molecule has 0 aliphatic carbocycles. The van der Waals surface area contributed by atoms with Gasteiger partial charge in [-0.1, -0.05) is 19.9 Å². The highest BCUT2D eigenvalue weighted by Gasteiger charge is 2.19. The van der Waals surface area contributed by atoms with Crippen LogP contribution in [0.1, 0.15) is 36.2 Å². The van der Waals surface area contributed by atoms with E-state index in [1.807, 2.05) is 6.07 Å². The standard InChI is InChI=1S/C15H20N2O2/c1-15(2,7-8-19-3)11-17-14(18)13-6-4-5-12(9-13)10-16/h4-6,9H,7-8,11H2,1-3H3,(H,17,18). The summed E-state index contributed by atoms with van der Waals surface area (Å²) in [6.45, 7) is 5.41. The molecule has 1 aromatic carbocycles. The molecule has 1 N–H and O–H groups in total. The van der Waals surface area contributed by atoms with E-state index in [4.69, 9.17) is 10.00 Å². The van der Waals surface area contributed by atoms with E-state index in [9.17, 15) is 4.79 Å². The first kappa shape index (κ1) is 15.2. The largest absolute Gasteiger partial charge is 0.385 e. The Kier molecular flexibility index (Phi) is 5.53. The van der Waals surface area contributed by atoms with Crippen LogP contribution in [0.5, 0.6) is 0 Å². The summed E-state index contributed by atoms with van der Waals surface area (Å²) in [6.07, 6.45) is 0.877. The summed E-state index contributed by atoms with van der Waals surface area (Å²) >= 11 is 0. The maximum absolute atomic E-state index is 12.0. The van der Waals surface area contributed by atoms with Gasteiger partial charge in [0.15, 0.2) is 0 Å².